The third kappa shape index (κ3) is 3.39. The highest BCUT2D eigenvalue weighted by Gasteiger charge is 2.61. The monoisotopic (exact) mass is 460 g/mol. The molecule has 168 valence electrons. The van der Waals surface area contributed by atoms with Gasteiger partial charge in [0.2, 0.25) is 11.2 Å². The molecule has 4 aliphatic carbocycles. The molecule has 3 aromatic rings. The van der Waals surface area contributed by atoms with Crippen LogP contribution in [0.2, 0.25) is 5.28 Å². The number of ketones is 1. The number of carbonyl (C=O) groups is 2. The summed E-state index contributed by atoms with van der Waals surface area (Å²) in [5, 5.41) is 7.85. The summed E-state index contributed by atoms with van der Waals surface area (Å²) in [5.41, 5.74) is 1.02. The maximum absolute atomic E-state index is 13.9. The topological polar surface area (TPSA) is 76.9 Å². The summed E-state index contributed by atoms with van der Waals surface area (Å²) < 4.78 is 1.92. The molecular formula is C26H25ClN4O2. The van der Waals surface area contributed by atoms with Gasteiger partial charge in [0.15, 0.2) is 5.78 Å². The van der Waals surface area contributed by atoms with Gasteiger partial charge in [0.1, 0.15) is 6.33 Å². The van der Waals surface area contributed by atoms with E-state index in [2.05, 4.69) is 15.4 Å². The van der Waals surface area contributed by atoms with E-state index in [-0.39, 0.29) is 22.5 Å². The van der Waals surface area contributed by atoms with Crippen LogP contribution in [-0.4, -0.2) is 26.5 Å². The van der Waals surface area contributed by atoms with Gasteiger partial charge in [0, 0.05) is 11.1 Å². The first-order valence-corrected chi connectivity index (χ1v) is 11.9. The molecule has 4 saturated carbocycles. The zero-order valence-electron chi connectivity index (χ0n) is 18.2. The number of rotatable bonds is 5. The number of carbonyl (C=O) groups excluding carboxylic acids is 2. The Hall–Kier alpha value is -2.99. The van der Waals surface area contributed by atoms with Gasteiger partial charge in [-0.15, -0.1) is 5.10 Å². The Labute approximate surface area is 197 Å². The van der Waals surface area contributed by atoms with Crippen LogP contribution in [0.1, 0.15) is 54.4 Å². The lowest BCUT2D eigenvalue weighted by atomic mass is 9.46. The Balaban J connectivity index is 1.31. The zero-order valence-corrected chi connectivity index (χ0v) is 19.0. The molecule has 1 N–H and O–H groups in total. The fourth-order valence-electron chi connectivity index (χ4n) is 7.01. The van der Waals surface area contributed by atoms with Crippen LogP contribution in [-0.2, 0) is 10.3 Å². The number of para-hydroxylation sites is 1. The fourth-order valence-corrected chi connectivity index (χ4v) is 7.13. The van der Waals surface area contributed by atoms with Crippen LogP contribution in [0, 0.1) is 17.3 Å². The number of hydrogen-bond donors (Lipinski definition) is 1. The van der Waals surface area contributed by atoms with Gasteiger partial charge < -0.3 is 5.32 Å². The highest BCUT2D eigenvalue weighted by molar-refractivity contribution is 6.28. The summed E-state index contributed by atoms with van der Waals surface area (Å²) in [6, 6.07) is 16.5. The first-order chi connectivity index (χ1) is 16.0. The first-order valence-electron chi connectivity index (χ1n) is 11.5. The molecule has 4 aliphatic rings. The molecule has 0 saturated heterocycles. The quantitative estimate of drug-likeness (QED) is 0.537. The van der Waals surface area contributed by atoms with Crippen molar-refractivity contribution in [3.8, 4) is 0 Å². The molecule has 1 heterocycles. The van der Waals surface area contributed by atoms with Crippen molar-refractivity contribution in [1.29, 1.82) is 0 Å². The van der Waals surface area contributed by atoms with Gasteiger partial charge in [-0.2, -0.15) is 0 Å². The molecule has 4 bridgehead atoms. The number of benzene rings is 2. The Kier molecular flexibility index (Phi) is 4.70. The summed E-state index contributed by atoms with van der Waals surface area (Å²) >= 11 is 6.05. The predicted molar refractivity (Wildman–Crippen MR) is 125 cm³/mol. The smallest absolute Gasteiger partial charge is 0.242 e. The normalized spacial score (nSPS) is 29.7. The van der Waals surface area contributed by atoms with Crippen LogP contribution in [0.25, 0.3) is 0 Å². The minimum atomic E-state index is -0.467. The number of amides is 1. The van der Waals surface area contributed by atoms with Crippen LogP contribution in [0.3, 0.4) is 0 Å². The second-order valence-corrected chi connectivity index (χ2v) is 10.5. The summed E-state index contributed by atoms with van der Waals surface area (Å²) in [6.07, 6.45) is 7.41. The van der Waals surface area contributed by atoms with Crippen molar-refractivity contribution >= 4 is 29.0 Å². The van der Waals surface area contributed by atoms with Crippen LogP contribution < -0.4 is 5.32 Å². The van der Waals surface area contributed by atoms with Crippen molar-refractivity contribution in [2.24, 2.45) is 17.3 Å². The Morgan fingerprint density at radius 1 is 0.970 bits per heavy atom. The highest BCUT2D eigenvalue weighted by atomic mass is 35.5. The molecule has 1 aromatic heterocycles. The number of aromatic nitrogens is 3. The zero-order chi connectivity index (χ0) is 22.6. The van der Waals surface area contributed by atoms with E-state index < -0.39 is 5.41 Å². The van der Waals surface area contributed by atoms with Gasteiger partial charge in [-0.1, -0.05) is 42.5 Å². The number of hydrogen-bond acceptors (Lipinski definition) is 4. The van der Waals surface area contributed by atoms with Crippen LogP contribution in [0.4, 0.5) is 5.69 Å². The lowest BCUT2D eigenvalue weighted by molar-refractivity contribution is -0.150. The van der Waals surface area contributed by atoms with E-state index >= 15 is 0 Å². The van der Waals surface area contributed by atoms with Crippen molar-refractivity contribution in [2.75, 3.05) is 5.32 Å². The number of nitrogens with one attached hydrogen (secondary N) is 1. The maximum Gasteiger partial charge on any atom is 0.242 e. The largest absolute Gasteiger partial charge is 0.325 e. The average molecular weight is 461 g/mol. The number of halogens is 1. The van der Waals surface area contributed by atoms with Gasteiger partial charge in [-0.3, -0.25) is 9.59 Å². The number of nitrogens with zero attached hydrogens (tertiary/aromatic N) is 3. The van der Waals surface area contributed by atoms with Gasteiger partial charge in [-0.05, 0) is 74.1 Å². The molecule has 1 amide bonds. The summed E-state index contributed by atoms with van der Waals surface area (Å²) in [7, 11) is 0. The van der Waals surface area contributed by atoms with E-state index in [1.165, 1.54) is 6.42 Å². The molecule has 7 rings (SSSR count). The Morgan fingerprint density at radius 3 is 2.36 bits per heavy atom. The molecule has 7 heteroatoms. The number of anilines is 1. The second-order valence-electron chi connectivity index (χ2n) is 10.1. The predicted octanol–water partition coefficient (Wildman–Crippen LogP) is 5.10. The molecule has 0 aliphatic heterocycles. The molecule has 0 unspecified atom stereocenters. The van der Waals surface area contributed by atoms with E-state index in [0.717, 1.165) is 32.1 Å². The molecule has 4 fully saturated rings. The molecule has 6 nitrogen and oxygen atoms in total. The highest BCUT2D eigenvalue weighted by Crippen LogP contribution is 2.64. The van der Waals surface area contributed by atoms with E-state index in [1.807, 2.05) is 41.1 Å². The fraction of sp³-hybridized carbons (Fsp3) is 0.385. The van der Waals surface area contributed by atoms with E-state index in [0.29, 0.717) is 28.7 Å². The van der Waals surface area contributed by atoms with E-state index in [4.69, 9.17) is 11.6 Å². The molecular weight excluding hydrogens is 436 g/mol. The minimum absolute atomic E-state index is 0.0144. The third-order valence-electron chi connectivity index (χ3n) is 7.92. The molecule has 2 atom stereocenters. The molecule has 2 aromatic carbocycles. The molecule has 0 radical (unpaired) electrons. The van der Waals surface area contributed by atoms with Crippen molar-refractivity contribution in [2.45, 2.75) is 44.1 Å². The first kappa shape index (κ1) is 20.6. The van der Waals surface area contributed by atoms with Crippen molar-refractivity contribution < 1.29 is 9.59 Å². The minimum Gasteiger partial charge on any atom is -0.325 e. The summed E-state index contributed by atoms with van der Waals surface area (Å²) in [4.78, 5) is 31.2. The van der Waals surface area contributed by atoms with E-state index in [1.54, 1.807) is 24.5 Å². The molecule has 0 spiro atoms. The van der Waals surface area contributed by atoms with Gasteiger partial charge in [0.05, 0.1) is 16.6 Å². The lowest BCUT2D eigenvalue weighted by Crippen LogP contribution is -2.60. The summed E-state index contributed by atoms with van der Waals surface area (Å²) in [5.74, 6) is 0.897. The van der Waals surface area contributed by atoms with Gasteiger partial charge in [-0.25, -0.2) is 9.67 Å². The average Bonchev–Trinajstić information content (AvgIpc) is 3.26. The SMILES string of the molecule is O=C(c1ccccc1)c1ccccc1NC(=O)C12C[C@H]3C[C@H](C1)CC(n1cnc(Cl)n1)(C3)C2. The summed E-state index contributed by atoms with van der Waals surface area (Å²) in [6.45, 7) is 0. The third-order valence-corrected chi connectivity index (χ3v) is 8.09. The Bertz CT molecular complexity index is 1220. The Morgan fingerprint density at radius 2 is 1.67 bits per heavy atom. The van der Waals surface area contributed by atoms with Crippen LogP contribution in [0.5, 0.6) is 0 Å². The van der Waals surface area contributed by atoms with Crippen molar-refractivity contribution in [1.82, 2.24) is 14.8 Å². The molecule has 33 heavy (non-hydrogen) atoms. The van der Waals surface area contributed by atoms with Gasteiger partial charge >= 0.3 is 0 Å². The second kappa shape index (κ2) is 7.52. The van der Waals surface area contributed by atoms with Gasteiger partial charge in [0.25, 0.3) is 0 Å². The van der Waals surface area contributed by atoms with Crippen LogP contribution >= 0.6 is 11.6 Å². The van der Waals surface area contributed by atoms with E-state index in [9.17, 15) is 9.59 Å². The van der Waals surface area contributed by atoms with Crippen LogP contribution in [0.15, 0.2) is 60.9 Å². The van der Waals surface area contributed by atoms with Crippen molar-refractivity contribution in [3.05, 3.63) is 77.3 Å². The lowest BCUT2D eigenvalue weighted by Gasteiger charge is -2.60. The van der Waals surface area contributed by atoms with Crippen molar-refractivity contribution in [3.63, 3.8) is 0 Å². The maximum atomic E-state index is 13.9. The standard InChI is InChI=1S/C26H25ClN4O2/c27-24-28-16-31(30-24)26-13-17-10-18(14-26)12-25(11-17,15-26)23(33)29-21-9-5-4-8-20(21)22(32)19-6-2-1-3-7-19/h1-9,16-18H,10-15H2,(H,29,33)/t17-,18-,25?,26?/m1/s1.